The molecule has 0 aliphatic rings. The van der Waals surface area contributed by atoms with E-state index in [1.165, 1.54) is 0 Å². The lowest BCUT2D eigenvalue weighted by Crippen LogP contribution is -2.43. The van der Waals surface area contributed by atoms with Gasteiger partial charge in [-0.2, -0.15) is 5.10 Å². The second kappa shape index (κ2) is 6.62. The lowest BCUT2D eigenvalue weighted by Gasteiger charge is -2.36. The molecule has 124 valence electrons. The van der Waals surface area contributed by atoms with Crippen molar-refractivity contribution in [2.75, 3.05) is 7.11 Å². The molecule has 0 N–H and O–H groups in total. The molecule has 0 amide bonds. The first-order valence-corrected chi connectivity index (χ1v) is 10.7. The summed E-state index contributed by atoms with van der Waals surface area (Å²) in [4.78, 5) is 0. The van der Waals surface area contributed by atoms with Gasteiger partial charge < -0.3 is 9.16 Å². The van der Waals surface area contributed by atoms with Gasteiger partial charge >= 0.3 is 0 Å². The van der Waals surface area contributed by atoms with E-state index in [0.717, 1.165) is 17.1 Å². The molecule has 0 unspecified atom stereocenters. The number of nitrogens with zero attached hydrogens (tertiary/aromatic N) is 2. The monoisotopic (exact) mass is 330 g/mol. The van der Waals surface area contributed by atoms with Gasteiger partial charge in [-0.15, -0.1) is 0 Å². The molecule has 0 spiro atoms. The molecule has 2 aromatic rings. The Hall–Kier alpha value is -2.01. The van der Waals surface area contributed by atoms with Gasteiger partial charge in [0.25, 0.3) is 8.32 Å². The Labute approximate surface area is 139 Å². The van der Waals surface area contributed by atoms with Crippen LogP contribution in [0.5, 0.6) is 11.5 Å². The van der Waals surface area contributed by atoms with Crippen molar-refractivity contribution in [2.45, 2.75) is 38.9 Å². The summed E-state index contributed by atoms with van der Waals surface area (Å²) in [6, 6.07) is 7.90. The molecular formula is C18H26N2O2Si. The smallest absolute Gasteiger partial charge is 0.250 e. The Morgan fingerprint density at radius 2 is 1.91 bits per heavy atom. The second-order valence-corrected chi connectivity index (χ2v) is 11.8. The van der Waals surface area contributed by atoms with E-state index < -0.39 is 8.32 Å². The quantitative estimate of drug-likeness (QED) is 0.731. The van der Waals surface area contributed by atoms with Crippen molar-refractivity contribution in [3.63, 3.8) is 0 Å². The SMILES string of the molecule is COc1cc(/C=C/n2cccn2)ccc1O[Si](C)(C)C(C)(C)C. The average molecular weight is 331 g/mol. The van der Waals surface area contributed by atoms with Crippen LogP contribution in [0, 0.1) is 0 Å². The van der Waals surface area contributed by atoms with Crippen LogP contribution in [0.15, 0.2) is 36.7 Å². The van der Waals surface area contributed by atoms with Crippen molar-refractivity contribution in [1.82, 2.24) is 9.78 Å². The summed E-state index contributed by atoms with van der Waals surface area (Å²) in [5.41, 5.74) is 1.04. The Balaban J connectivity index is 2.23. The maximum Gasteiger partial charge on any atom is 0.250 e. The normalized spacial score (nSPS) is 12.6. The number of aromatic nitrogens is 2. The average Bonchev–Trinajstić information content (AvgIpc) is 2.98. The van der Waals surface area contributed by atoms with Gasteiger partial charge in [-0.25, -0.2) is 4.68 Å². The van der Waals surface area contributed by atoms with E-state index in [-0.39, 0.29) is 5.04 Å². The zero-order valence-corrected chi connectivity index (χ0v) is 15.8. The van der Waals surface area contributed by atoms with Crippen LogP contribution < -0.4 is 9.16 Å². The number of hydrogen-bond acceptors (Lipinski definition) is 3. The van der Waals surface area contributed by atoms with Gasteiger partial charge in [-0.1, -0.05) is 26.8 Å². The maximum atomic E-state index is 6.37. The van der Waals surface area contributed by atoms with Crippen LogP contribution in [0.2, 0.25) is 18.1 Å². The zero-order valence-electron chi connectivity index (χ0n) is 14.8. The molecule has 1 heterocycles. The minimum atomic E-state index is -1.88. The summed E-state index contributed by atoms with van der Waals surface area (Å²) in [5, 5.41) is 4.30. The molecule has 1 aromatic carbocycles. The fourth-order valence-corrected chi connectivity index (χ4v) is 2.86. The largest absolute Gasteiger partial charge is 0.541 e. The summed E-state index contributed by atoms with van der Waals surface area (Å²) in [7, 11) is -0.210. The van der Waals surface area contributed by atoms with Crippen LogP contribution in [0.1, 0.15) is 26.3 Å². The fourth-order valence-electron chi connectivity index (χ4n) is 1.83. The number of methoxy groups -OCH3 is 1. The molecule has 4 nitrogen and oxygen atoms in total. The first-order chi connectivity index (χ1) is 10.7. The third kappa shape index (κ3) is 4.25. The Kier molecular flexibility index (Phi) is 4.99. The number of hydrogen-bond donors (Lipinski definition) is 0. The molecule has 0 atom stereocenters. The molecule has 0 saturated carbocycles. The third-order valence-corrected chi connectivity index (χ3v) is 8.65. The van der Waals surface area contributed by atoms with Crippen molar-refractivity contribution in [3.8, 4) is 11.5 Å². The van der Waals surface area contributed by atoms with Gasteiger partial charge in [-0.05, 0) is 48.0 Å². The van der Waals surface area contributed by atoms with E-state index >= 15 is 0 Å². The van der Waals surface area contributed by atoms with Gasteiger partial charge in [0.2, 0.25) is 0 Å². The van der Waals surface area contributed by atoms with Crippen LogP contribution in [-0.4, -0.2) is 25.2 Å². The molecule has 0 saturated heterocycles. The van der Waals surface area contributed by atoms with Gasteiger partial charge in [0, 0.05) is 18.6 Å². The van der Waals surface area contributed by atoms with Crippen LogP contribution in [0.25, 0.3) is 12.3 Å². The number of ether oxygens (including phenoxy) is 1. The number of benzene rings is 1. The van der Waals surface area contributed by atoms with Crippen molar-refractivity contribution < 1.29 is 9.16 Å². The van der Waals surface area contributed by atoms with E-state index in [0.29, 0.717) is 0 Å². The summed E-state index contributed by atoms with van der Waals surface area (Å²) in [6.07, 6.45) is 7.54. The highest BCUT2D eigenvalue weighted by Crippen LogP contribution is 2.40. The van der Waals surface area contributed by atoms with Crippen LogP contribution >= 0.6 is 0 Å². The van der Waals surface area contributed by atoms with E-state index in [4.69, 9.17) is 9.16 Å². The highest BCUT2D eigenvalue weighted by atomic mass is 28.4. The summed E-state index contributed by atoms with van der Waals surface area (Å²) >= 11 is 0. The number of rotatable bonds is 5. The minimum absolute atomic E-state index is 0.149. The van der Waals surface area contributed by atoms with Crippen molar-refractivity contribution in [3.05, 3.63) is 42.2 Å². The lowest BCUT2D eigenvalue weighted by molar-refractivity contribution is 0.386. The first-order valence-electron chi connectivity index (χ1n) is 7.77. The molecule has 2 rings (SSSR count). The molecule has 1 aromatic heterocycles. The van der Waals surface area contributed by atoms with E-state index in [2.05, 4.69) is 39.0 Å². The molecule has 0 aliphatic carbocycles. The van der Waals surface area contributed by atoms with Crippen molar-refractivity contribution >= 4 is 20.6 Å². The summed E-state index contributed by atoms with van der Waals surface area (Å²) in [6.45, 7) is 11.2. The standard InChI is InChI=1S/C18H26N2O2Si/c1-18(2,3)23(5,6)22-16-9-8-15(14-17(16)21-4)10-13-20-12-7-11-19-20/h7-14H,1-6H3/b13-10+. The highest BCUT2D eigenvalue weighted by Gasteiger charge is 2.39. The topological polar surface area (TPSA) is 36.3 Å². The molecule has 23 heavy (non-hydrogen) atoms. The van der Waals surface area contributed by atoms with Crippen LogP contribution in [-0.2, 0) is 0 Å². The molecular weight excluding hydrogens is 304 g/mol. The van der Waals surface area contributed by atoms with Crippen LogP contribution in [0.4, 0.5) is 0 Å². The summed E-state index contributed by atoms with van der Waals surface area (Å²) < 4.78 is 13.6. The molecule has 0 aliphatic heterocycles. The van der Waals surface area contributed by atoms with Gasteiger partial charge in [0.05, 0.1) is 7.11 Å². The molecule has 5 heteroatoms. The predicted molar refractivity (Wildman–Crippen MR) is 98.3 cm³/mol. The van der Waals surface area contributed by atoms with E-state index in [1.54, 1.807) is 18.0 Å². The summed E-state index contributed by atoms with van der Waals surface area (Å²) in [5.74, 6) is 1.58. The Morgan fingerprint density at radius 3 is 2.48 bits per heavy atom. The van der Waals surface area contributed by atoms with E-state index in [1.807, 2.05) is 42.7 Å². The fraction of sp³-hybridized carbons (Fsp3) is 0.389. The minimum Gasteiger partial charge on any atom is -0.541 e. The van der Waals surface area contributed by atoms with Gasteiger partial charge in [0.1, 0.15) is 5.75 Å². The third-order valence-electron chi connectivity index (χ3n) is 4.30. The predicted octanol–water partition coefficient (Wildman–Crippen LogP) is 4.90. The van der Waals surface area contributed by atoms with Crippen molar-refractivity contribution in [1.29, 1.82) is 0 Å². The maximum absolute atomic E-state index is 6.37. The Bertz CT molecular complexity index is 671. The second-order valence-electron chi connectivity index (χ2n) is 7.07. The van der Waals surface area contributed by atoms with E-state index in [9.17, 15) is 0 Å². The Morgan fingerprint density at radius 1 is 1.17 bits per heavy atom. The lowest BCUT2D eigenvalue weighted by atomic mass is 10.2. The molecule has 0 fully saturated rings. The van der Waals surface area contributed by atoms with Crippen LogP contribution in [0.3, 0.4) is 0 Å². The highest BCUT2D eigenvalue weighted by molar-refractivity contribution is 6.74. The molecule has 0 bridgehead atoms. The molecule has 0 radical (unpaired) electrons. The van der Waals surface area contributed by atoms with Gasteiger partial charge in [0.15, 0.2) is 5.75 Å². The zero-order chi connectivity index (χ0) is 17.1. The first kappa shape index (κ1) is 17.3. The van der Waals surface area contributed by atoms with Crippen molar-refractivity contribution in [2.24, 2.45) is 0 Å². The van der Waals surface area contributed by atoms with Gasteiger partial charge in [-0.3, -0.25) is 0 Å².